The minimum atomic E-state index is 0.511. The number of nitrogens with zero attached hydrogens (tertiary/aromatic N) is 2. The maximum Gasteiger partial charge on any atom is 0.00219 e. The molecule has 2 aliphatic heterocycles. The first-order valence-electron chi connectivity index (χ1n) is 7.86. The van der Waals surface area contributed by atoms with E-state index >= 15 is 0 Å². The van der Waals surface area contributed by atoms with Crippen LogP contribution >= 0.6 is 0 Å². The van der Waals surface area contributed by atoms with E-state index in [1.165, 1.54) is 58.4 Å². The van der Waals surface area contributed by atoms with E-state index in [2.05, 4.69) is 37.6 Å². The molecule has 0 radical (unpaired) electrons. The summed E-state index contributed by atoms with van der Waals surface area (Å²) in [5.41, 5.74) is 0.511. The average molecular weight is 252 g/mol. The predicted molar refractivity (Wildman–Crippen MR) is 78.8 cm³/mol. The van der Waals surface area contributed by atoms with Gasteiger partial charge >= 0.3 is 0 Å². The first-order chi connectivity index (χ1) is 8.45. The van der Waals surface area contributed by atoms with Gasteiger partial charge in [-0.2, -0.15) is 0 Å². The number of piperidine rings is 2. The molecule has 0 N–H and O–H groups in total. The summed E-state index contributed by atoms with van der Waals surface area (Å²) in [6, 6.07) is 0. The highest BCUT2D eigenvalue weighted by molar-refractivity contribution is 4.82. The summed E-state index contributed by atoms with van der Waals surface area (Å²) >= 11 is 0. The SMILES string of the molecule is CN1CCC[C@H](CN2CCC(C(C)(C)C)CC2)C1. The van der Waals surface area contributed by atoms with Gasteiger partial charge in [-0.05, 0) is 69.6 Å². The largest absolute Gasteiger partial charge is 0.306 e. The molecular formula is C16H32N2. The average Bonchev–Trinajstić information content (AvgIpc) is 2.28. The summed E-state index contributed by atoms with van der Waals surface area (Å²) in [5, 5.41) is 0. The van der Waals surface area contributed by atoms with E-state index in [0.717, 1.165) is 11.8 Å². The van der Waals surface area contributed by atoms with Crippen LogP contribution in [-0.4, -0.2) is 49.6 Å². The Hall–Kier alpha value is -0.0800. The molecule has 18 heavy (non-hydrogen) atoms. The van der Waals surface area contributed by atoms with Gasteiger partial charge < -0.3 is 9.80 Å². The van der Waals surface area contributed by atoms with Crippen LogP contribution in [0.15, 0.2) is 0 Å². The highest BCUT2D eigenvalue weighted by atomic mass is 15.2. The summed E-state index contributed by atoms with van der Waals surface area (Å²) in [6.07, 6.45) is 5.67. The lowest BCUT2D eigenvalue weighted by atomic mass is 9.75. The minimum absolute atomic E-state index is 0.511. The van der Waals surface area contributed by atoms with Crippen molar-refractivity contribution in [2.24, 2.45) is 17.3 Å². The Morgan fingerprint density at radius 1 is 1.00 bits per heavy atom. The van der Waals surface area contributed by atoms with E-state index in [-0.39, 0.29) is 0 Å². The Balaban J connectivity index is 1.73. The van der Waals surface area contributed by atoms with E-state index < -0.39 is 0 Å². The van der Waals surface area contributed by atoms with Crippen molar-refractivity contribution in [1.82, 2.24) is 9.80 Å². The van der Waals surface area contributed by atoms with E-state index in [9.17, 15) is 0 Å². The van der Waals surface area contributed by atoms with Crippen molar-refractivity contribution >= 4 is 0 Å². The maximum atomic E-state index is 2.73. The molecule has 2 saturated heterocycles. The van der Waals surface area contributed by atoms with Gasteiger partial charge in [-0.25, -0.2) is 0 Å². The Morgan fingerprint density at radius 3 is 2.22 bits per heavy atom. The second kappa shape index (κ2) is 5.92. The topological polar surface area (TPSA) is 6.48 Å². The number of rotatable bonds is 2. The Labute approximate surface area is 114 Å². The molecular weight excluding hydrogens is 220 g/mol. The molecule has 0 amide bonds. The lowest BCUT2D eigenvalue weighted by Crippen LogP contribution is -2.43. The molecule has 106 valence electrons. The van der Waals surface area contributed by atoms with Crippen molar-refractivity contribution in [2.75, 3.05) is 39.8 Å². The maximum absolute atomic E-state index is 2.73. The quantitative estimate of drug-likeness (QED) is 0.745. The third-order valence-corrected chi connectivity index (χ3v) is 5.05. The third-order valence-electron chi connectivity index (χ3n) is 5.05. The molecule has 0 aromatic rings. The van der Waals surface area contributed by atoms with Crippen LogP contribution in [0.25, 0.3) is 0 Å². The van der Waals surface area contributed by atoms with E-state index in [0.29, 0.717) is 5.41 Å². The van der Waals surface area contributed by atoms with Crippen molar-refractivity contribution in [3.8, 4) is 0 Å². The summed E-state index contributed by atoms with van der Waals surface area (Å²) in [6.45, 7) is 13.9. The molecule has 1 atom stereocenters. The molecule has 2 aliphatic rings. The van der Waals surface area contributed by atoms with Gasteiger partial charge in [0.1, 0.15) is 0 Å². The van der Waals surface area contributed by atoms with E-state index in [1.807, 2.05) is 0 Å². The first-order valence-corrected chi connectivity index (χ1v) is 7.86. The molecule has 2 rings (SSSR count). The van der Waals surface area contributed by atoms with Crippen molar-refractivity contribution in [2.45, 2.75) is 46.5 Å². The zero-order valence-electron chi connectivity index (χ0n) is 12.9. The van der Waals surface area contributed by atoms with Crippen LogP contribution in [0.1, 0.15) is 46.5 Å². The molecule has 0 aliphatic carbocycles. The second-order valence-corrected chi connectivity index (χ2v) is 7.71. The van der Waals surface area contributed by atoms with Gasteiger partial charge in [-0.1, -0.05) is 20.8 Å². The molecule has 0 aromatic carbocycles. The van der Waals surface area contributed by atoms with Gasteiger partial charge in [-0.3, -0.25) is 0 Å². The smallest absolute Gasteiger partial charge is 0.00219 e. The van der Waals surface area contributed by atoms with Crippen LogP contribution in [-0.2, 0) is 0 Å². The van der Waals surface area contributed by atoms with Gasteiger partial charge in [0.2, 0.25) is 0 Å². The number of hydrogen-bond acceptors (Lipinski definition) is 2. The normalized spacial score (nSPS) is 29.7. The monoisotopic (exact) mass is 252 g/mol. The van der Waals surface area contributed by atoms with Crippen LogP contribution in [0.5, 0.6) is 0 Å². The lowest BCUT2D eigenvalue weighted by molar-refractivity contribution is 0.0853. The molecule has 2 nitrogen and oxygen atoms in total. The highest BCUT2D eigenvalue weighted by Crippen LogP contribution is 2.34. The third kappa shape index (κ3) is 3.96. The Kier molecular flexibility index (Phi) is 4.71. The second-order valence-electron chi connectivity index (χ2n) is 7.71. The summed E-state index contributed by atoms with van der Waals surface area (Å²) < 4.78 is 0. The number of likely N-dealkylation sites (tertiary alicyclic amines) is 2. The zero-order chi connectivity index (χ0) is 13.2. The van der Waals surface area contributed by atoms with E-state index in [1.54, 1.807) is 0 Å². The Bertz CT molecular complexity index is 248. The fraction of sp³-hybridized carbons (Fsp3) is 1.00. The summed E-state index contributed by atoms with van der Waals surface area (Å²) in [7, 11) is 2.28. The van der Waals surface area contributed by atoms with Crippen LogP contribution in [0.3, 0.4) is 0 Å². The van der Waals surface area contributed by atoms with Gasteiger partial charge in [-0.15, -0.1) is 0 Å². The molecule has 0 bridgehead atoms. The molecule has 0 unspecified atom stereocenters. The van der Waals surface area contributed by atoms with Gasteiger partial charge in [0.15, 0.2) is 0 Å². The molecule has 0 aromatic heterocycles. The molecule has 2 heteroatoms. The van der Waals surface area contributed by atoms with Crippen LogP contribution in [0.4, 0.5) is 0 Å². The molecule has 0 spiro atoms. The summed E-state index contributed by atoms with van der Waals surface area (Å²) in [5.74, 6) is 1.86. The number of hydrogen-bond donors (Lipinski definition) is 0. The molecule has 2 fully saturated rings. The lowest BCUT2D eigenvalue weighted by Gasteiger charge is -2.41. The fourth-order valence-corrected chi connectivity index (χ4v) is 3.77. The van der Waals surface area contributed by atoms with Crippen LogP contribution < -0.4 is 0 Å². The van der Waals surface area contributed by atoms with Crippen molar-refractivity contribution in [1.29, 1.82) is 0 Å². The molecule has 2 heterocycles. The molecule has 0 saturated carbocycles. The highest BCUT2D eigenvalue weighted by Gasteiger charge is 2.29. The van der Waals surface area contributed by atoms with Crippen LogP contribution in [0, 0.1) is 17.3 Å². The van der Waals surface area contributed by atoms with E-state index in [4.69, 9.17) is 0 Å². The minimum Gasteiger partial charge on any atom is -0.306 e. The van der Waals surface area contributed by atoms with Crippen molar-refractivity contribution in [3.63, 3.8) is 0 Å². The van der Waals surface area contributed by atoms with Crippen LogP contribution in [0.2, 0.25) is 0 Å². The van der Waals surface area contributed by atoms with Gasteiger partial charge in [0, 0.05) is 13.1 Å². The Morgan fingerprint density at radius 2 is 1.67 bits per heavy atom. The van der Waals surface area contributed by atoms with Crippen molar-refractivity contribution in [3.05, 3.63) is 0 Å². The fourth-order valence-electron chi connectivity index (χ4n) is 3.77. The predicted octanol–water partition coefficient (Wildman–Crippen LogP) is 3.09. The summed E-state index contributed by atoms with van der Waals surface area (Å²) in [4.78, 5) is 5.24. The standard InChI is InChI=1S/C16H32N2/c1-16(2,3)15-7-10-18(11-8-15)13-14-6-5-9-17(4)12-14/h14-15H,5-13H2,1-4H3/t14-/m0/s1. The first kappa shape index (κ1) is 14.3. The van der Waals surface area contributed by atoms with Gasteiger partial charge in [0.25, 0.3) is 0 Å². The van der Waals surface area contributed by atoms with Gasteiger partial charge in [0.05, 0.1) is 0 Å². The van der Waals surface area contributed by atoms with Crippen molar-refractivity contribution < 1.29 is 0 Å². The zero-order valence-corrected chi connectivity index (χ0v) is 12.9.